The van der Waals surface area contributed by atoms with Crippen molar-refractivity contribution in [2.75, 3.05) is 19.8 Å². The summed E-state index contributed by atoms with van der Waals surface area (Å²) in [5, 5.41) is 67.0. The number of hydrogen-bond acceptors (Lipinski definition) is 10. The zero-order chi connectivity index (χ0) is 16.4. The van der Waals surface area contributed by atoms with E-state index < -0.39 is 68.3 Å². The van der Waals surface area contributed by atoms with Crippen molar-refractivity contribution in [1.29, 1.82) is 0 Å². The minimum atomic E-state index is -1.65. The number of ether oxygens (including phenoxy) is 3. The topological polar surface area (TPSA) is 169 Å². The summed E-state index contributed by atoms with van der Waals surface area (Å²) in [6, 6.07) is 0. The molecule has 9 atom stereocenters. The van der Waals surface area contributed by atoms with Crippen LogP contribution in [0.5, 0.6) is 0 Å². The Balaban J connectivity index is 2.09. The van der Waals surface area contributed by atoms with E-state index in [1.54, 1.807) is 0 Å². The van der Waals surface area contributed by atoms with E-state index in [4.69, 9.17) is 19.3 Å². The summed E-state index contributed by atoms with van der Waals surface area (Å²) in [4.78, 5) is 0. The molecule has 0 amide bonds. The maximum atomic E-state index is 9.93. The first-order chi connectivity index (χ1) is 10.4. The van der Waals surface area contributed by atoms with Gasteiger partial charge in [-0.3, -0.25) is 0 Å². The molecule has 0 unspecified atom stereocenters. The predicted octanol–water partition coefficient (Wildman–Crippen LogP) is -4.72. The molecular formula is C12H22O10. The van der Waals surface area contributed by atoms with Crippen molar-refractivity contribution >= 4 is 0 Å². The van der Waals surface area contributed by atoms with Crippen LogP contribution in [0.2, 0.25) is 0 Å². The second-order valence-electron chi connectivity index (χ2n) is 5.41. The van der Waals surface area contributed by atoms with Gasteiger partial charge in [0.05, 0.1) is 19.8 Å². The van der Waals surface area contributed by atoms with Crippen LogP contribution >= 0.6 is 0 Å². The van der Waals surface area contributed by atoms with E-state index in [2.05, 4.69) is 0 Å². The number of aliphatic hydroxyl groups excluding tert-OH is 7. The molecule has 0 aromatic heterocycles. The Hall–Kier alpha value is -0.400. The number of hydrogen-bond donors (Lipinski definition) is 7. The molecule has 2 heterocycles. The van der Waals surface area contributed by atoms with Crippen LogP contribution < -0.4 is 0 Å². The highest BCUT2D eigenvalue weighted by Crippen LogP contribution is 2.27. The van der Waals surface area contributed by atoms with Gasteiger partial charge in [-0.1, -0.05) is 0 Å². The van der Waals surface area contributed by atoms with Crippen LogP contribution in [0.1, 0.15) is 0 Å². The van der Waals surface area contributed by atoms with Gasteiger partial charge in [-0.2, -0.15) is 0 Å². The Morgan fingerprint density at radius 2 is 1.45 bits per heavy atom. The SMILES string of the molecule is OC[C@H]1O[C@H](O[C@@H]2[C@H](O)[C@@H](O)CO[C@@H]2CO)[C@H](O)[C@@H](O)[C@H]1O. The normalized spacial score (nSPS) is 50.0. The van der Waals surface area contributed by atoms with Gasteiger partial charge in [0.2, 0.25) is 0 Å². The molecule has 2 aliphatic rings. The van der Waals surface area contributed by atoms with Crippen molar-refractivity contribution in [2.24, 2.45) is 0 Å². The monoisotopic (exact) mass is 326 g/mol. The standard InChI is InChI=1S/C12H22O10/c13-1-5-8(17)9(18)10(19)12(21-5)22-11-6(2-14)20-3-4(15)7(11)16/h4-19H,1-3H2/t4-,5+,6+,7+,8-,9-,10+,11-,12+/m0/s1. The van der Waals surface area contributed by atoms with Crippen LogP contribution in [0.4, 0.5) is 0 Å². The molecule has 130 valence electrons. The van der Waals surface area contributed by atoms with E-state index >= 15 is 0 Å². The summed E-state index contributed by atoms with van der Waals surface area (Å²) >= 11 is 0. The largest absolute Gasteiger partial charge is 0.394 e. The van der Waals surface area contributed by atoms with E-state index in [1.165, 1.54) is 0 Å². The van der Waals surface area contributed by atoms with Crippen LogP contribution in [0.3, 0.4) is 0 Å². The van der Waals surface area contributed by atoms with Gasteiger partial charge >= 0.3 is 0 Å². The quantitative estimate of drug-likeness (QED) is 0.266. The lowest BCUT2D eigenvalue weighted by Crippen LogP contribution is -2.63. The summed E-state index contributed by atoms with van der Waals surface area (Å²) in [7, 11) is 0. The van der Waals surface area contributed by atoms with Gasteiger partial charge in [0.15, 0.2) is 6.29 Å². The van der Waals surface area contributed by atoms with Crippen LogP contribution in [-0.2, 0) is 14.2 Å². The van der Waals surface area contributed by atoms with Gasteiger partial charge in [-0.25, -0.2) is 0 Å². The van der Waals surface area contributed by atoms with Gasteiger partial charge in [0.1, 0.15) is 48.8 Å². The Bertz CT molecular complexity index is 351. The molecular weight excluding hydrogens is 304 g/mol. The van der Waals surface area contributed by atoms with Gasteiger partial charge in [0, 0.05) is 0 Å². The highest BCUT2D eigenvalue weighted by atomic mass is 16.7. The van der Waals surface area contributed by atoms with Crippen LogP contribution in [0, 0.1) is 0 Å². The van der Waals surface area contributed by atoms with E-state index in [9.17, 15) is 30.6 Å². The van der Waals surface area contributed by atoms with Crippen molar-refractivity contribution in [1.82, 2.24) is 0 Å². The molecule has 2 saturated heterocycles. The zero-order valence-electron chi connectivity index (χ0n) is 11.7. The van der Waals surface area contributed by atoms with Crippen molar-refractivity contribution in [2.45, 2.75) is 55.1 Å². The minimum absolute atomic E-state index is 0.194. The fourth-order valence-corrected chi connectivity index (χ4v) is 2.51. The fraction of sp³-hybridized carbons (Fsp3) is 1.00. The minimum Gasteiger partial charge on any atom is -0.394 e. The average Bonchev–Trinajstić information content (AvgIpc) is 2.52. The molecule has 0 aliphatic carbocycles. The highest BCUT2D eigenvalue weighted by molar-refractivity contribution is 4.92. The van der Waals surface area contributed by atoms with Gasteiger partial charge in [-0.05, 0) is 0 Å². The third-order valence-electron chi connectivity index (χ3n) is 3.90. The predicted molar refractivity (Wildman–Crippen MR) is 67.5 cm³/mol. The molecule has 0 saturated carbocycles. The van der Waals surface area contributed by atoms with Crippen molar-refractivity contribution < 1.29 is 50.0 Å². The number of aliphatic hydroxyl groups is 7. The van der Waals surface area contributed by atoms with Gasteiger partial charge in [0.25, 0.3) is 0 Å². The third-order valence-corrected chi connectivity index (χ3v) is 3.90. The zero-order valence-corrected chi connectivity index (χ0v) is 11.7. The summed E-state index contributed by atoms with van der Waals surface area (Å²) < 4.78 is 15.6. The molecule has 0 aromatic carbocycles. The smallest absolute Gasteiger partial charge is 0.187 e. The average molecular weight is 326 g/mol. The Labute approximate surface area is 126 Å². The van der Waals surface area contributed by atoms with Gasteiger partial charge < -0.3 is 50.0 Å². The van der Waals surface area contributed by atoms with Crippen molar-refractivity contribution in [3.05, 3.63) is 0 Å². The fourth-order valence-electron chi connectivity index (χ4n) is 2.51. The Morgan fingerprint density at radius 1 is 0.818 bits per heavy atom. The number of rotatable bonds is 4. The molecule has 7 N–H and O–H groups in total. The summed E-state index contributed by atoms with van der Waals surface area (Å²) in [6.45, 7) is -1.33. The highest BCUT2D eigenvalue weighted by Gasteiger charge is 2.48. The Morgan fingerprint density at radius 3 is 2.05 bits per heavy atom. The lowest BCUT2D eigenvalue weighted by molar-refractivity contribution is -0.336. The molecule has 0 radical (unpaired) electrons. The third kappa shape index (κ3) is 3.41. The second kappa shape index (κ2) is 7.45. The molecule has 10 nitrogen and oxygen atoms in total. The summed E-state index contributed by atoms with van der Waals surface area (Å²) in [5.74, 6) is 0. The first kappa shape index (κ1) is 17.9. The van der Waals surface area contributed by atoms with Crippen LogP contribution in [0.15, 0.2) is 0 Å². The molecule has 0 bridgehead atoms. The second-order valence-corrected chi connectivity index (χ2v) is 5.41. The van der Waals surface area contributed by atoms with Crippen LogP contribution in [-0.4, -0.2) is 111 Å². The maximum absolute atomic E-state index is 9.93. The molecule has 22 heavy (non-hydrogen) atoms. The van der Waals surface area contributed by atoms with E-state index in [-0.39, 0.29) is 6.61 Å². The molecule has 2 aliphatic heterocycles. The molecule has 0 spiro atoms. The molecule has 2 fully saturated rings. The van der Waals surface area contributed by atoms with E-state index in [0.29, 0.717) is 0 Å². The van der Waals surface area contributed by atoms with Gasteiger partial charge in [-0.15, -0.1) is 0 Å². The lowest BCUT2D eigenvalue weighted by atomic mass is 9.97. The lowest BCUT2D eigenvalue weighted by Gasteiger charge is -2.44. The van der Waals surface area contributed by atoms with E-state index in [0.717, 1.165) is 0 Å². The molecule has 2 rings (SSSR count). The van der Waals surface area contributed by atoms with E-state index in [1.807, 2.05) is 0 Å². The van der Waals surface area contributed by atoms with Crippen molar-refractivity contribution in [3.63, 3.8) is 0 Å². The van der Waals surface area contributed by atoms with Crippen molar-refractivity contribution in [3.8, 4) is 0 Å². The molecule has 0 aromatic rings. The summed E-state index contributed by atoms with van der Waals surface area (Å²) in [5.41, 5.74) is 0. The Kier molecular flexibility index (Phi) is 6.07. The summed E-state index contributed by atoms with van der Waals surface area (Å²) in [6.07, 6.45) is -12.3. The molecule has 10 heteroatoms. The first-order valence-electron chi connectivity index (χ1n) is 6.95. The first-order valence-corrected chi connectivity index (χ1v) is 6.95. The van der Waals surface area contributed by atoms with Crippen LogP contribution in [0.25, 0.3) is 0 Å². The maximum Gasteiger partial charge on any atom is 0.187 e.